The van der Waals surface area contributed by atoms with Crippen LogP contribution in [-0.2, 0) is 5.41 Å². The molecule has 1 aliphatic carbocycles. The minimum atomic E-state index is -0.0462. The van der Waals surface area contributed by atoms with Crippen LogP contribution in [0, 0.1) is 0 Å². The lowest BCUT2D eigenvalue weighted by Crippen LogP contribution is -2.14. The fourth-order valence-corrected chi connectivity index (χ4v) is 11.2. The summed E-state index contributed by atoms with van der Waals surface area (Å²) in [6, 6.07) is 82.8. The Kier molecular flexibility index (Phi) is 8.77. The molecule has 0 radical (unpaired) electrons. The maximum atomic E-state index is 2.41. The number of hydrogen-bond donors (Lipinski definition) is 0. The minimum absolute atomic E-state index is 0.0462. The van der Waals surface area contributed by atoms with Crippen LogP contribution in [0.5, 0.6) is 0 Å². The molecule has 12 rings (SSSR count). The lowest BCUT2D eigenvalue weighted by molar-refractivity contribution is 0.660. The summed E-state index contributed by atoms with van der Waals surface area (Å²) in [5.74, 6) is 0. The maximum Gasteiger partial charge on any atom is 0.0467 e. The Morgan fingerprint density at radius 3 is 1.70 bits per heavy atom. The molecule has 0 N–H and O–H groups in total. The summed E-state index contributed by atoms with van der Waals surface area (Å²) < 4.78 is 2.66. The van der Waals surface area contributed by atoms with Crippen molar-refractivity contribution in [1.29, 1.82) is 0 Å². The molecule has 0 aliphatic heterocycles. The largest absolute Gasteiger partial charge is 0.310 e. The normalized spacial score (nSPS) is 12.7. The van der Waals surface area contributed by atoms with E-state index in [-0.39, 0.29) is 5.41 Å². The molecule has 0 fully saturated rings. The first-order chi connectivity index (χ1) is 31.0. The fraction of sp³-hybridized carbons (Fsp3) is 0.0492. The zero-order valence-electron chi connectivity index (χ0n) is 35.2. The van der Waals surface area contributed by atoms with Gasteiger partial charge in [0.1, 0.15) is 0 Å². The molecule has 63 heavy (non-hydrogen) atoms. The van der Waals surface area contributed by atoms with Gasteiger partial charge in [-0.05, 0) is 138 Å². The summed E-state index contributed by atoms with van der Waals surface area (Å²) in [5.41, 5.74) is 18.5. The number of anilines is 3. The van der Waals surface area contributed by atoms with Crippen molar-refractivity contribution >= 4 is 59.3 Å². The Hall–Kier alpha value is -7.52. The van der Waals surface area contributed by atoms with Crippen LogP contribution < -0.4 is 4.90 Å². The first-order valence-corrected chi connectivity index (χ1v) is 22.6. The van der Waals surface area contributed by atoms with Crippen LogP contribution in [0.2, 0.25) is 0 Å². The van der Waals surface area contributed by atoms with Gasteiger partial charge in [-0.3, -0.25) is 0 Å². The Bertz CT molecular complexity index is 3540. The van der Waals surface area contributed by atoms with Crippen LogP contribution in [0.25, 0.3) is 86.6 Å². The van der Waals surface area contributed by atoms with E-state index in [0.29, 0.717) is 0 Å². The van der Waals surface area contributed by atoms with Crippen molar-refractivity contribution in [3.63, 3.8) is 0 Å². The van der Waals surface area contributed by atoms with E-state index in [1.807, 2.05) is 11.3 Å². The molecule has 0 bridgehead atoms. The lowest BCUT2D eigenvalue weighted by Gasteiger charge is -2.26. The van der Waals surface area contributed by atoms with Gasteiger partial charge in [0.25, 0.3) is 0 Å². The first kappa shape index (κ1) is 37.3. The van der Waals surface area contributed by atoms with Gasteiger partial charge in [0.2, 0.25) is 0 Å². The molecule has 1 nitrogen and oxygen atoms in total. The van der Waals surface area contributed by atoms with E-state index in [4.69, 9.17) is 0 Å². The summed E-state index contributed by atoms with van der Waals surface area (Å²) in [6.45, 7) is 4.70. The minimum Gasteiger partial charge on any atom is -0.310 e. The van der Waals surface area contributed by atoms with Crippen LogP contribution in [0.1, 0.15) is 25.0 Å². The second kappa shape index (κ2) is 14.8. The van der Waals surface area contributed by atoms with Gasteiger partial charge in [-0.1, -0.05) is 178 Å². The molecule has 0 saturated heterocycles. The first-order valence-electron chi connectivity index (χ1n) is 21.8. The second-order valence-corrected chi connectivity index (χ2v) is 18.4. The molecule has 0 atom stereocenters. The van der Waals surface area contributed by atoms with Gasteiger partial charge in [0, 0.05) is 42.6 Å². The van der Waals surface area contributed by atoms with Crippen molar-refractivity contribution in [1.82, 2.24) is 0 Å². The van der Waals surface area contributed by atoms with E-state index < -0.39 is 0 Å². The van der Waals surface area contributed by atoms with Gasteiger partial charge in [-0.15, -0.1) is 11.3 Å². The van der Waals surface area contributed by atoms with Crippen molar-refractivity contribution in [2.24, 2.45) is 0 Å². The molecule has 0 saturated carbocycles. The van der Waals surface area contributed by atoms with Crippen molar-refractivity contribution in [3.8, 4) is 55.6 Å². The zero-order chi connectivity index (χ0) is 42.1. The molecule has 1 aromatic heterocycles. The molecule has 2 heteroatoms. The molecular weight excluding hydrogens is 779 g/mol. The van der Waals surface area contributed by atoms with Crippen LogP contribution in [0.4, 0.5) is 17.1 Å². The topological polar surface area (TPSA) is 3.24 Å². The molecular formula is C61H43NS. The summed E-state index contributed by atoms with van der Waals surface area (Å²) in [7, 11) is 0. The molecule has 0 unspecified atom stereocenters. The van der Waals surface area contributed by atoms with Gasteiger partial charge >= 0.3 is 0 Å². The van der Waals surface area contributed by atoms with E-state index in [0.717, 1.165) is 17.1 Å². The van der Waals surface area contributed by atoms with Crippen LogP contribution in [0.3, 0.4) is 0 Å². The highest BCUT2D eigenvalue weighted by Gasteiger charge is 2.35. The Morgan fingerprint density at radius 2 is 0.889 bits per heavy atom. The lowest BCUT2D eigenvalue weighted by atomic mass is 9.81. The van der Waals surface area contributed by atoms with Crippen LogP contribution in [-0.4, -0.2) is 0 Å². The molecule has 11 aromatic rings. The zero-order valence-corrected chi connectivity index (χ0v) is 36.0. The molecule has 1 aliphatic rings. The summed E-state index contributed by atoms with van der Waals surface area (Å²) in [5, 5.41) is 5.14. The third-order valence-corrected chi connectivity index (χ3v) is 14.5. The monoisotopic (exact) mass is 821 g/mol. The van der Waals surface area contributed by atoms with Crippen molar-refractivity contribution in [3.05, 3.63) is 236 Å². The second-order valence-electron chi connectivity index (χ2n) is 17.3. The molecule has 0 amide bonds. The highest BCUT2D eigenvalue weighted by molar-refractivity contribution is 7.26. The smallest absolute Gasteiger partial charge is 0.0467 e. The van der Waals surface area contributed by atoms with Crippen molar-refractivity contribution in [2.45, 2.75) is 19.3 Å². The molecule has 0 spiro atoms. The van der Waals surface area contributed by atoms with Crippen LogP contribution >= 0.6 is 11.3 Å². The quantitative estimate of drug-likeness (QED) is 0.155. The number of rotatable bonds is 7. The highest BCUT2D eigenvalue weighted by atomic mass is 32.1. The van der Waals surface area contributed by atoms with Gasteiger partial charge in [-0.25, -0.2) is 0 Å². The van der Waals surface area contributed by atoms with Crippen molar-refractivity contribution < 1.29 is 0 Å². The third kappa shape index (κ3) is 6.37. The average molecular weight is 822 g/mol. The van der Waals surface area contributed by atoms with E-state index in [1.165, 1.54) is 97.7 Å². The average Bonchev–Trinajstić information content (AvgIpc) is 3.84. The van der Waals surface area contributed by atoms with E-state index in [2.05, 4.69) is 243 Å². The number of fused-ring (bicyclic) bond motifs is 7. The van der Waals surface area contributed by atoms with Gasteiger partial charge in [0.05, 0.1) is 0 Å². The van der Waals surface area contributed by atoms with Gasteiger partial charge in [0.15, 0.2) is 0 Å². The number of benzene rings is 10. The summed E-state index contributed by atoms with van der Waals surface area (Å²) in [4.78, 5) is 2.39. The van der Waals surface area contributed by atoms with E-state index in [1.54, 1.807) is 0 Å². The van der Waals surface area contributed by atoms with Gasteiger partial charge in [-0.2, -0.15) is 0 Å². The van der Waals surface area contributed by atoms with Crippen molar-refractivity contribution in [2.75, 3.05) is 4.90 Å². The number of nitrogens with zero attached hydrogens (tertiary/aromatic N) is 1. The number of hydrogen-bond acceptors (Lipinski definition) is 2. The number of thiophene rings is 1. The fourth-order valence-electron chi connectivity index (χ4n) is 9.97. The predicted octanol–water partition coefficient (Wildman–Crippen LogP) is 17.7. The summed E-state index contributed by atoms with van der Waals surface area (Å²) in [6.07, 6.45) is 0. The summed E-state index contributed by atoms with van der Waals surface area (Å²) >= 11 is 1.88. The van der Waals surface area contributed by atoms with E-state index in [9.17, 15) is 0 Å². The third-order valence-electron chi connectivity index (χ3n) is 13.3. The van der Waals surface area contributed by atoms with Crippen LogP contribution in [0.15, 0.2) is 224 Å². The van der Waals surface area contributed by atoms with Gasteiger partial charge < -0.3 is 4.90 Å². The molecule has 1 heterocycles. The highest BCUT2D eigenvalue weighted by Crippen LogP contribution is 2.50. The Labute approximate surface area is 372 Å². The SMILES string of the molecule is CC1(C)c2ccccc2-c2ccc(-c3ccc(N(c4ccc(-c5cccc(-c6cccc7c6sc6ccccc67)c5)cc4)c4cccc(-c5ccc6ccccc6c5)c4)cc3)cc21. The molecule has 298 valence electrons. The van der Waals surface area contributed by atoms with E-state index >= 15 is 0 Å². The predicted molar refractivity (Wildman–Crippen MR) is 271 cm³/mol. The standard InChI is InChI=1S/C61H43NS/c1-61(2)57-22-7-5-18-53(57)54-35-30-47(39-58(54)61)42-28-33-50(34-29-42)62(51-17-10-15-45(38-51)46-25-24-40-12-3-4-13-43(40)36-46)49-31-26-41(27-32-49)44-14-9-16-48(37-44)52-20-11-21-56-55-19-6-8-23-59(55)63-60(52)56/h3-39H,1-2H3. The Morgan fingerprint density at radius 1 is 0.333 bits per heavy atom. The molecule has 10 aromatic carbocycles. The Balaban J connectivity index is 0.918. The maximum absolute atomic E-state index is 2.41.